The molecule has 170 valence electrons. The second-order valence-electron chi connectivity index (χ2n) is 7.40. The Labute approximate surface area is 191 Å². The summed E-state index contributed by atoms with van der Waals surface area (Å²) < 4.78 is 25.8. The fourth-order valence-electron chi connectivity index (χ4n) is 3.27. The summed E-state index contributed by atoms with van der Waals surface area (Å²) in [6.45, 7) is -0.493. The normalized spacial score (nSPS) is 15.6. The van der Waals surface area contributed by atoms with Crippen LogP contribution in [0.1, 0.15) is 18.4 Å². The van der Waals surface area contributed by atoms with Gasteiger partial charge in [0.1, 0.15) is 0 Å². The number of para-hydroxylation sites is 1. The van der Waals surface area contributed by atoms with Gasteiger partial charge in [0, 0.05) is 30.1 Å². The van der Waals surface area contributed by atoms with Crippen molar-refractivity contribution in [3.8, 4) is 0 Å². The molecule has 3 N–H and O–H groups in total. The zero-order valence-corrected chi connectivity index (χ0v) is 18.9. The van der Waals surface area contributed by atoms with Crippen LogP contribution in [0.15, 0.2) is 53.4 Å². The van der Waals surface area contributed by atoms with Crippen molar-refractivity contribution in [2.75, 3.05) is 18.9 Å². The van der Waals surface area contributed by atoms with E-state index in [0.29, 0.717) is 17.9 Å². The maximum atomic E-state index is 12.5. The molecule has 0 aliphatic carbocycles. The number of fused-ring (bicyclic) bond motifs is 1. The molecule has 1 heterocycles. The molecule has 32 heavy (non-hydrogen) atoms. The Morgan fingerprint density at radius 1 is 1.09 bits per heavy atom. The van der Waals surface area contributed by atoms with E-state index in [9.17, 15) is 22.8 Å². The van der Waals surface area contributed by atoms with Crippen molar-refractivity contribution in [3.63, 3.8) is 0 Å². The highest BCUT2D eigenvalue weighted by Gasteiger charge is 2.26. The second kappa shape index (κ2) is 10.1. The Kier molecular flexibility index (Phi) is 7.49. The summed E-state index contributed by atoms with van der Waals surface area (Å²) in [5, 5.41) is 3.22. The number of hydrogen-bond acceptors (Lipinski definition) is 5. The lowest BCUT2D eigenvalue weighted by Crippen LogP contribution is -2.46. The van der Waals surface area contributed by atoms with Gasteiger partial charge in [-0.05, 0) is 48.7 Å². The Bertz CT molecular complexity index is 1120. The summed E-state index contributed by atoms with van der Waals surface area (Å²) in [6, 6.07) is 13.0. The predicted molar refractivity (Wildman–Crippen MR) is 119 cm³/mol. The molecule has 1 unspecified atom stereocenters. The Morgan fingerprint density at radius 3 is 2.47 bits per heavy atom. The number of benzene rings is 2. The third-order valence-corrected chi connectivity index (χ3v) is 7.13. The zero-order chi connectivity index (χ0) is 23.3. The average Bonchev–Trinajstić information content (AvgIpc) is 2.76. The summed E-state index contributed by atoms with van der Waals surface area (Å²) in [5.41, 5.74) is 6.24. The van der Waals surface area contributed by atoms with Gasteiger partial charge in [-0.3, -0.25) is 25.2 Å². The van der Waals surface area contributed by atoms with Gasteiger partial charge < -0.3 is 5.32 Å². The number of carbonyl (C=O) groups excluding carboxylic acids is 3. The Balaban J connectivity index is 1.44. The van der Waals surface area contributed by atoms with E-state index < -0.39 is 28.4 Å². The molecular weight excluding hydrogens is 456 g/mol. The largest absolute Gasteiger partial charge is 0.326 e. The molecule has 0 fully saturated rings. The van der Waals surface area contributed by atoms with Crippen LogP contribution in [-0.2, 0) is 30.8 Å². The Morgan fingerprint density at radius 2 is 1.75 bits per heavy atom. The van der Waals surface area contributed by atoms with Crippen LogP contribution in [-0.4, -0.2) is 44.0 Å². The first kappa shape index (κ1) is 23.7. The number of carbonyl (C=O) groups is 3. The number of nitrogens with one attached hydrogen (secondary N) is 3. The van der Waals surface area contributed by atoms with Gasteiger partial charge in [-0.1, -0.05) is 29.8 Å². The van der Waals surface area contributed by atoms with Crippen molar-refractivity contribution >= 4 is 45.0 Å². The molecular formula is C21H23ClN4O5S. The van der Waals surface area contributed by atoms with Gasteiger partial charge >= 0.3 is 0 Å². The van der Waals surface area contributed by atoms with Crippen molar-refractivity contribution in [1.29, 1.82) is 0 Å². The van der Waals surface area contributed by atoms with Crippen LogP contribution in [0.5, 0.6) is 0 Å². The summed E-state index contributed by atoms with van der Waals surface area (Å²) in [4.78, 5) is 36.3. The summed E-state index contributed by atoms with van der Waals surface area (Å²) in [6.07, 6.45) is 0.876. The topological polar surface area (TPSA) is 125 Å². The molecule has 0 saturated heterocycles. The number of hydrogen-bond donors (Lipinski definition) is 3. The highest BCUT2D eigenvalue weighted by Crippen LogP contribution is 2.27. The minimum Gasteiger partial charge on any atom is -0.326 e. The van der Waals surface area contributed by atoms with Crippen molar-refractivity contribution in [2.45, 2.75) is 24.2 Å². The van der Waals surface area contributed by atoms with E-state index in [0.717, 1.165) is 15.6 Å². The first-order valence-electron chi connectivity index (χ1n) is 9.85. The first-order chi connectivity index (χ1) is 15.2. The molecule has 3 rings (SSSR count). The maximum absolute atomic E-state index is 12.5. The molecule has 1 atom stereocenters. The second-order valence-corrected chi connectivity index (χ2v) is 9.88. The van der Waals surface area contributed by atoms with Gasteiger partial charge in [0.2, 0.25) is 21.8 Å². The number of amides is 3. The number of hydrazine groups is 1. The van der Waals surface area contributed by atoms with Gasteiger partial charge in [-0.15, -0.1) is 0 Å². The number of rotatable bonds is 7. The van der Waals surface area contributed by atoms with Gasteiger partial charge in [-0.2, -0.15) is 4.31 Å². The quantitative estimate of drug-likeness (QED) is 0.522. The highest BCUT2D eigenvalue weighted by molar-refractivity contribution is 7.89. The van der Waals surface area contributed by atoms with E-state index in [1.807, 2.05) is 24.3 Å². The van der Waals surface area contributed by atoms with Gasteiger partial charge in [0.15, 0.2) is 0 Å². The predicted octanol–water partition coefficient (Wildman–Crippen LogP) is 1.70. The number of nitrogens with zero attached hydrogens (tertiary/aromatic N) is 1. The van der Waals surface area contributed by atoms with Crippen LogP contribution in [0.4, 0.5) is 5.69 Å². The fraction of sp³-hybridized carbons (Fsp3) is 0.286. The van der Waals surface area contributed by atoms with Gasteiger partial charge in [-0.25, -0.2) is 8.42 Å². The molecule has 0 spiro atoms. The highest BCUT2D eigenvalue weighted by atomic mass is 35.5. The van der Waals surface area contributed by atoms with Crippen LogP contribution in [0.2, 0.25) is 5.02 Å². The maximum Gasteiger partial charge on any atom is 0.253 e. The van der Waals surface area contributed by atoms with E-state index in [4.69, 9.17) is 11.6 Å². The molecule has 1 aliphatic rings. The molecule has 9 nitrogen and oxygen atoms in total. The first-order valence-corrected chi connectivity index (χ1v) is 11.7. The lowest BCUT2D eigenvalue weighted by molar-refractivity contribution is -0.129. The van der Waals surface area contributed by atoms with Gasteiger partial charge in [0.05, 0.1) is 11.4 Å². The van der Waals surface area contributed by atoms with Crippen LogP contribution < -0.4 is 16.2 Å². The van der Waals surface area contributed by atoms with Crippen molar-refractivity contribution in [2.24, 2.45) is 5.92 Å². The van der Waals surface area contributed by atoms with Crippen molar-refractivity contribution < 1.29 is 22.8 Å². The average molecular weight is 479 g/mol. The molecule has 11 heteroatoms. The van der Waals surface area contributed by atoms with Crippen molar-refractivity contribution in [1.82, 2.24) is 15.2 Å². The molecule has 3 amide bonds. The van der Waals surface area contributed by atoms with Crippen LogP contribution in [0, 0.1) is 5.92 Å². The minimum atomic E-state index is -3.89. The van der Waals surface area contributed by atoms with Crippen LogP contribution in [0.3, 0.4) is 0 Å². The Hall–Kier alpha value is -2.95. The summed E-state index contributed by atoms with van der Waals surface area (Å²) in [5.74, 6) is -1.67. The SMILES string of the molecule is CN(CC(=O)NNC(=O)CCC1Cc2ccccc2NC1=O)S(=O)(=O)c1ccc(Cl)cc1. The van der Waals surface area contributed by atoms with Crippen molar-refractivity contribution in [3.05, 3.63) is 59.1 Å². The van der Waals surface area contributed by atoms with E-state index in [1.165, 1.54) is 31.3 Å². The molecule has 0 radical (unpaired) electrons. The fourth-order valence-corrected chi connectivity index (χ4v) is 4.52. The number of sulfonamides is 1. The van der Waals surface area contributed by atoms with Crippen LogP contribution in [0.25, 0.3) is 0 Å². The van der Waals surface area contributed by atoms with Gasteiger partial charge in [0.25, 0.3) is 5.91 Å². The van der Waals surface area contributed by atoms with E-state index in [2.05, 4.69) is 16.2 Å². The molecule has 1 aliphatic heterocycles. The van der Waals surface area contributed by atoms with E-state index in [-0.39, 0.29) is 23.1 Å². The third-order valence-electron chi connectivity index (χ3n) is 5.06. The number of anilines is 1. The summed E-state index contributed by atoms with van der Waals surface area (Å²) >= 11 is 5.77. The summed E-state index contributed by atoms with van der Waals surface area (Å²) in [7, 11) is -2.63. The number of likely N-dealkylation sites (N-methyl/N-ethyl adjacent to an activating group) is 1. The standard InChI is InChI=1S/C21H23ClN4O5S/c1-26(32(30,31)17-9-7-16(22)8-10-17)13-20(28)25-24-19(27)11-6-15-12-14-4-2-3-5-18(14)23-21(15)29/h2-5,7-10,15H,6,11-13H2,1H3,(H,23,29)(H,24,27)(H,25,28). The zero-order valence-electron chi connectivity index (χ0n) is 17.3. The lowest BCUT2D eigenvalue weighted by Gasteiger charge is -2.24. The van der Waals surface area contributed by atoms with Crippen LogP contribution >= 0.6 is 11.6 Å². The lowest BCUT2D eigenvalue weighted by atomic mass is 9.89. The molecule has 2 aromatic carbocycles. The van der Waals surface area contributed by atoms with E-state index in [1.54, 1.807) is 0 Å². The molecule has 0 saturated carbocycles. The molecule has 0 bridgehead atoms. The third kappa shape index (κ3) is 5.84. The molecule has 0 aromatic heterocycles. The number of halogens is 1. The molecule has 2 aromatic rings. The van der Waals surface area contributed by atoms with E-state index >= 15 is 0 Å². The smallest absolute Gasteiger partial charge is 0.253 e. The minimum absolute atomic E-state index is 0.00596. The monoisotopic (exact) mass is 478 g/mol.